The van der Waals surface area contributed by atoms with Crippen molar-refractivity contribution in [2.45, 2.75) is 44.2 Å². The van der Waals surface area contributed by atoms with Crippen LogP contribution in [0.1, 0.15) is 26.2 Å². The monoisotopic (exact) mass is 262 g/mol. The number of alkyl halides is 2. The third-order valence-corrected chi connectivity index (χ3v) is 3.72. The fourth-order valence-electron chi connectivity index (χ4n) is 2.56. The van der Waals surface area contributed by atoms with Crippen LogP contribution in [0.15, 0.2) is 0 Å². The molecule has 0 aromatic heterocycles. The minimum atomic E-state index is -2.86. The molecule has 2 fully saturated rings. The first-order valence-corrected chi connectivity index (χ1v) is 6.49. The molecule has 6 heteroatoms. The molecule has 1 N–H and O–H groups in total. The number of nitrogens with zero attached hydrogens (tertiary/aromatic N) is 2. The summed E-state index contributed by atoms with van der Waals surface area (Å²) in [5, 5.41) is 9.09. The van der Waals surface area contributed by atoms with Gasteiger partial charge in [0.1, 0.15) is 0 Å². The van der Waals surface area contributed by atoms with Crippen LogP contribution in [0, 0.1) is 0 Å². The number of halogens is 2. The molecule has 1 aliphatic heterocycles. The van der Waals surface area contributed by atoms with Gasteiger partial charge in [-0.2, -0.15) is 0 Å². The summed E-state index contributed by atoms with van der Waals surface area (Å²) in [6.07, 6.45) is 1.74. The predicted octanol–water partition coefficient (Wildman–Crippen LogP) is 0.699. The van der Waals surface area contributed by atoms with Crippen LogP contribution in [-0.2, 0) is 4.79 Å². The molecule has 0 aromatic rings. The number of aliphatic hydroxyl groups is 1. The number of hydrogen-bond acceptors (Lipinski definition) is 3. The zero-order valence-electron chi connectivity index (χ0n) is 10.6. The van der Waals surface area contributed by atoms with Gasteiger partial charge in [0.15, 0.2) is 0 Å². The number of aliphatic hydroxyl groups excluding tert-OH is 1. The van der Waals surface area contributed by atoms with Crippen molar-refractivity contribution in [2.24, 2.45) is 0 Å². The Hall–Kier alpha value is -0.750. The lowest BCUT2D eigenvalue weighted by Crippen LogP contribution is -2.45. The van der Waals surface area contributed by atoms with Crippen LogP contribution in [0.25, 0.3) is 0 Å². The zero-order valence-corrected chi connectivity index (χ0v) is 10.6. The first-order valence-electron chi connectivity index (χ1n) is 6.49. The lowest BCUT2D eigenvalue weighted by atomic mass is 10.2. The van der Waals surface area contributed by atoms with Crippen molar-refractivity contribution in [3.8, 4) is 0 Å². The number of carbonyl (C=O) groups excluding carboxylic acids is 1. The molecular weight excluding hydrogens is 242 g/mol. The molecule has 1 saturated heterocycles. The van der Waals surface area contributed by atoms with Crippen molar-refractivity contribution in [3.05, 3.63) is 0 Å². The Morgan fingerprint density at radius 1 is 1.50 bits per heavy atom. The van der Waals surface area contributed by atoms with Crippen LogP contribution in [0.4, 0.5) is 8.78 Å². The molecule has 0 radical (unpaired) electrons. The molecule has 1 unspecified atom stereocenters. The van der Waals surface area contributed by atoms with Gasteiger partial charge in [-0.1, -0.05) is 6.92 Å². The molecule has 0 spiro atoms. The average molecular weight is 262 g/mol. The highest BCUT2D eigenvalue weighted by atomic mass is 19.3. The molecule has 18 heavy (non-hydrogen) atoms. The Kier molecular flexibility index (Phi) is 3.87. The molecule has 104 valence electrons. The van der Waals surface area contributed by atoms with E-state index in [1.54, 1.807) is 0 Å². The summed E-state index contributed by atoms with van der Waals surface area (Å²) >= 11 is 0. The minimum absolute atomic E-state index is 0.188. The predicted molar refractivity (Wildman–Crippen MR) is 62.4 cm³/mol. The highest BCUT2D eigenvalue weighted by molar-refractivity contribution is 5.79. The largest absolute Gasteiger partial charge is 0.394 e. The Labute approximate surface area is 106 Å². The van der Waals surface area contributed by atoms with E-state index in [1.165, 1.54) is 0 Å². The third kappa shape index (κ3) is 2.98. The Balaban J connectivity index is 1.95. The number of amides is 1. The quantitative estimate of drug-likeness (QED) is 0.793. The van der Waals surface area contributed by atoms with E-state index in [0.29, 0.717) is 6.04 Å². The van der Waals surface area contributed by atoms with E-state index < -0.39 is 31.5 Å². The number of likely N-dealkylation sites (tertiary alicyclic amines) is 1. The van der Waals surface area contributed by atoms with Crippen LogP contribution >= 0.6 is 0 Å². The normalized spacial score (nSPS) is 26.9. The number of hydrogen-bond donors (Lipinski definition) is 1. The van der Waals surface area contributed by atoms with E-state index in [4.69, 9.17) is 5.11 Å². The van der Waals surface area contributed by atoms with E-state index in [1.807, 2.05) is 11.8 Å². The molecular formula is C12H20F2N2O2. The third-order valence-electron chi connectivity index (χ3n) is 3.72. The first-order chi connectivity index (χ1) is 8.46. The molecule has 4 nitrogen and oxygen atoms in total. The van der Waals surface area contributed by atoms with Crippen molar-refractivity contribution in [2.75, 3.05) is 26.2 Å². The maximum Gasteiger partial charge on any atom is 0.267 e. The van der Waals surface area contributed by atoms with Gasteiger partial charge in [-0.3, -0.25) is 9.69 Å². The highest BCUT2D eigenvalue weighted by Crippen LogP contribution is 2.32. The average Bonchev–Trinajstić information content (AvgIpc) is 3.09. The number of likely N-dealkylation sites (N-methyl/N-ethyl adjacent to an activating group) is 1. The van der Waals surface area contributed by atoms with Gasteiger partial charge in [-0.25, -0.2) is 8.78 Å². The second-order valence-electron chi connectivity index (χ2n) is 5.21. The van der Waals surface area contributed by atoms with Gasteiger partial charge in [-0.05, 0) is 19.4 Å². The van der Waals surface area contributed by atoms with Crippen LogP contribution < -0.4 is 0 Å². The van der Waals surface area contributed by atoms with Crippen LogP contribution in [-0.4, -0.2) is 65.1 Å². The summed E-state index contributed by atoms with van der Waals surface area (Å²) in [6.45, 7) is 1.96. The molecule has 2 rings (SSSR count). The fraction of sp³-hybridized carbons (Fsp3) is 0.917. The van der Waals surface area contributed by atoms with Gasteiger partial charge in [0.2, 0.25) is 5.91 Å². The second-order valence-corrected chi connectivity index (χ2v) is 5.21. The van der Waals surface area contributed by atoms with Gasteiger partial charge in [0.25, 0.3) is 5.92 Å². The molecule has 0 aromatic carbocycles. The lowest BCUT2D eigenvalue weighted by molar-refractivity contribution is -0.135. The molecule has 0 bridgehead atoms. The summed E-state index contributed by atoms with van der Waals surface area (Å²) in [4.78, 5) is 15.2. The van der Waals surface area contributed by atoms with Crippen LogP contribution in [0.3, 0.4) is 0 Å². The second kappa shape index (κ2) is 5.09. The molecule has 2 aliphatic rings. The van der Waals surface area contributed by atoms with Crippen LogP contribution in [0.5, 0.6) is 0 Å². The summed E-state index contributed by atoms with van der Waals surface area (Å²) < 4.78 is 26.5. The van der Waals surface area contributed by atoms with E-state index in [0.717, 1.165) is 24.3 Å². The SMILES string of the molecule is CCN(CC(=O)N1CC(F)(F)CC1CO)C1CC1. The summed E-state index contributed by atoms with van der Waals surface area (Å²) in [5.41, 5.74) is 0. The van der Waals surface area contributed by atoms with E-state index in [-0.39, 0.29) is 12.5 Å². The van der Waals surface area contributed by atoms with Gasteiger partial charge in [-0.15, -0.1) is 0 Å². The smallest absolute Gasteiger partial charge is 0.267 e. The summed E-state index contributed by atoms with van der Waals surface area (Å²) in [7, 11) is 0. The molecule has 1 heterocycles. The fourth-order valence-corrected chi connectivity index (χ4v) is 2.56. The molecule has 1 amide bonds. The summed E-state index contributed by atoms with van der Waals surface area (Å²) in [6, 6.07) is -0.292. The number of carbonyl (C=O) groups is 1. The van der Waals surface area contributed by atoms with Crippen molar-refractivity contribution in [3.63, 3.8) is 0 Å². The Morgan fingerprint density at radius 2 is 2.17 bits per heavy atom. The van der Waals surface area contributed by atoms with Gasteiger partial charge in [0, 0.05) is 12.5 Å². The van der Waals surface area contributed by atoms with Crippen molar-refractivity contribution >= 4 is 5.91 Å². The maximum atomic E-state index is 13.3. The number of rotatable bonds is 5. The van der Waals surface area contributed by atoms with Gasteiger partial charge in [0.05, 0.1) is 25.7 Å². The van der Waals surface area contributed by atoms with Gasteiger partial charge < -0.3 is 10.0 Å². The minimum Gasteiger partial charge on any atom is -0.394 e. The van der Waals surface area contributed by atoms with E-state index >= 15 is 0 Å². The maximum absolute atomic E-state index is 13.3. The first kappa shape index (κ1) is 13.7. The topological polar surface area (TPSA) is 43.8 Å². The standard InChI is InChI=1S/C12H20F2N2O2/c1-2-15(9-3-4-9)6-11(18)16-8-12(13,14)5-10(16)7-17/h9-10,17H,2-8H2,1H3. The van der Waals surface area contributed by atoms with Crippen molar-refractivity contribution in [1.29, 1.82) is 0 Å². The molecule has 1 aliphatic carbocycles. The highest BCUT2D eigenvalue weighted by Gasteiger charge is 2.47. The van der Waals surface area contributed by atoms with E-state index in [9.17, 15) is 13.6 Å². The summed E-state index contributed by atoms with van der Waals surface area (Å²) in [5.74, 6) is -3.15. The van der Waals surface area contributed by atoms with E-state index in [2.05, 4.69) is 0 Å². The molecule has 1 saturated carbocycles. The Bertz CT molecular complexity index is 321. The Morgan fingerprint density at radius 3 is 2.67 bits per heavy atom. The zero-order chi connectivity index (χ0) is 13.3. The lowest BCUT2D eigenvalue weighted by Gasteiger charge is -2.26. The van der Waals surface area contributed by atoms with Crippen molar-refractivity contribution in [1.82, 2.24) is 9.80 Å². The van der Waals surface area contributed by atoms with Crippen molar-refractivity contribution < 1.29 is 18.7 Å². The van der Waals surface area contributed by atoms with Crippen LogP contribution in [0.2, 0.25) is 0 Å². The molecule has 1 atom stereocenters. The van der Waals surface area contributed by atoms with Gasteiger partial charge >= 0.3 is 0 Å².